The van der Waals surface area contributed by atoms with Crippen LogP contribution in [0.1, 0.15) is 29.2 Å². The highest BCUT2D eigenvalue weighted by Gasteiger charge is 2.12. The van der Waals surface area contributed by atoms with Gasteiger partial charge in [0.15, 0.2) is 0 Å². The smallest absolute Gasteiger partial charge is 0.234 e. The fraction of sp³-hybridized carbons (Fsp3) is 0.375. The number of carbonyl (C=O) groups excluding carboxylic acids is 1. The van der Waals surface area contributed by atoms with Crippen LogP contribution in [0.4, 0.5) is 0 Å². The van der Waals surface area contributed by atoms with E-state index in [1.165, 1.54) is 0 Å². The second-order valence-electron chi connectivity index (χ2n) is 5.37. The number of aryl methyl sites for hydroxylation is 1. The lowest BCUT2D eigenvalue weighted by molar-refractivity contribution is -0.122. The van der Waals surface area contributed by atoms with Crippen molar-refractivity contribution in [2.24, 2.45) is 0 Å². The van der Waals surface area contributed by atoms with E-state index < -0.39 is 0 Å². The standard InChI is InChI=1S/C16H20ClN3OS/c1-11(13-4-6-14(17)7-5-13)18-16(21)9-20(3)8-15-10-22-12(2)19-15/h4-7,10-11H,8-9H2,1-3H3,(H,18,21). The molecule has 0 spiro atoms. The molecule has 1 amide bonds. The zero-order valence-corrected chi connectivity index (χ0v) is 14.5. The van der Waals surface area contributed by atoms with E-state index in [0.29, 0.717) is 18.1 Å². The predicted octanol–water partition coefficient (Wildman–Crippen LogP) is 3.41. The molecule has 0 saturated carbocycles. The van der Waals surface area contributed by atoms with Crippen LogP contribution in [0.3, 0.4) is 0 Å². The third kappa shape index (κ3) is 5.09. The normalized spacial score (nSPS) is 12.4. The van der Waals surface area contributed by atoms with Crippen LogP contribution in [0.2, 0.25) is 5.02 Å². The molecule has 0 aliphatic rings. The average molecular weight is 338 g/mol. The van der Waals surface area contributed by atoms with Crippen LogP contribution >= 0.6 is 22.9 Å². The number of amides is 1. The number of halogens is 1. The summed E-state index contributed by atoms with van der Waals surface area (Å²) in [5.74, 6) is -0.00287. The molecule has 118 valence electrons. The highest BCUT2D eigenvalue weighted by molar-refractivity contribution is 7.09. The molecule has 1 aromatic heterocycles. The van der Waals surface area contributed by atoms with Gasteiger partial charge in [0.25, 0.3) is 0 Å². The minimum Gasteiger partial charge on any atom is -0.348 e. The summed E-state index contributed by atoms with van der Waals surface area (Å²) in [5, 5.41) is 6.76. The second-order valence-corrected chi connectivity index (χ2v) is 6.87. The first-order valence-corrected chi connectivity index (χ1v) is 8.34. The average Bonchev–Trinajstić information content (AvgIpc) is 2.84. The maximum atomic E-state index is 12.1. The van der Waals surface area contributed by atoms with Crippen LogP contribution in [0.5, 0.6) is 0 Å². The number of benzene rings is 1. The van der Waals surface area contributed by atoms with Gasteiger partial charge < -0.3 is 5.32 Å². The van der Waals surface area contributed by atoms with E-state index in [1.54, 1.807) is 11.3 Å². The highest BCUT2D eigenvalue weighted by Crippen LogP contribution is 2.16. The quantitative estimate of drug-likeness (QED) is 0.878. The molecule has 22 heavy (non-hydrogen) atoms. The van der Waals surface area contributed by atoms with Crippen LogP contribution in [0.25, 0.3) is 0 Å². The Morgan fingerprint density at radius 1 is 1.41 bits per heavy atom. The van der Waals surface area contributed by atoms with Crippen molar-refractivity contribution in [2.45, 2.75) is 26.4 Å². The molecule has 2 rings (SSSR count). The number of nitrogens with zero attached hydrogens (tertiary/aromatic N) is 2. The first-order valence-electron chi connectivity index (χ1n) is 7.08. The molecular weight excluding hydrogens is 318 g/mol. The number of aromatic nitrogens is 1. The van der Waals surface area contributed by atoms with E-state index in [0.717, 1.165) is 16.3 Å². The lowest BCUT2D eigenvalue weighted by atomic mass is 10.1. The molecule has 0 aliphatic carbocycles. The van der Waals surface area contributed by atoms with Crippen molar-refractivity contribution in [3.05, 3.63) is 50.9 Å². The lowest BCUT2D eigenvalue weighted by Gasteiger charge is -2.18. The van der Waals surface area contributed by atoms with E-state index in [1.807, 2.05) is 55.4 Å². The summed E-state index contributed by atoms with van der Waals surface area (Å²) in [6.07, 6.45) is 0. The van der Waals surface area contributed by atoms with E-state index >= 15 is 0 Å². The Morgan fingerprint density at radius 3 is 2.68 bits per heavy atom. The topological polar surface area (TPSA) is 45.2 Å². The number of rotatable bonds is 6. The van der Waals surface area contributed by atoms with Gasteiger partial charge in [-0.15, -0.1) is 11.3 Å². The summed E-state index contributed by atoms with van der Waals surface area (Å²) in [6, 6.07) is 7.47. The van der Waals surface area contributed by atoms with E-state index in [4.69, 9.17) is 11.6 Å². The second kappa shape index (κ2) is 7.72. The molecule has 1 N–H and O–H groups in total. The number of hydrogen-bond donors (Lipinski definition) is 1. The monoisotopic (exact) mass is 337 g/mol. The van der Waals surface area contributed by atoms with Crippen molar-refractivity contribution in [3.63, 3.8) is 0 Å². The van der Waals surface area contributed by atoms with Crippen molar-refractivity contribution in [3.8, 4) is 0 Å². The van der Waals surface area contributed by atoms with E-state index in [9.17, 15) is 4.79 Å². The Morgan fingerprint density at radius 2 is 2.09 bits per heavy atom. The van der Waals surface area contributed by atoms with Gasteiger partial charge >= 0.3 is 0 Å². The molecule has 1 unspecified atom stereocenters. The summed E-state index contributed by atoms with van der Waals surface area (Å²) in [6.45, 7) is 4.96. The Labute approximate surface area is 140 Å². The van der Waals surface area contributed by atoms with Gasteiger partial charge in [0.2, 0.25) is 5.91 Å². The highest BCUT2D eigenvalue weighted by atomic mass is 35.5. The lowest BCUT2D eigenvalue weighted by Crippen LogP contribution is -2.36. The molecular formula is C16H20ClN3OS. The first-order chi connectivity index (χ1) is 10.4. The Kier molecular flexibility index (Phi) is 5.94. The maximum absolute atomic E-state index is 12.1. The van der Waals surface area contributed by atoms with Crippen molar-refractivity contribution in [1.29, 1.82) is 0 Å². The molecule has 6 heteroatoms. The van der Waals surface area contributed by atoms with Gasteiger partial charge in [0.1, 0.15) is 0 Å². The summed E-state index contributed by atoms with van der Waals surface area (Å²) >= 11 is 7.50. The van der Waals surface area contributed by atoms with Crippen molar-refractivity contribution in [1.82, 2.24) is 15.2 Å². The van der Waals surface area contributed by atoms with Gasteiger partial charge in [-0.25, -0.2) is 4.98 Å². The van der Waals surface area contributed by atoms with Gasteiger partial charge in [-0.1, -0.05) is 23.7 Å². The predicted molar refractivity (Wildman–Crippen MR) is 91.2 cm³/mol. The van der Waals surface area contributed by atoms with Crippen molar-refractivity contribution < 1.29 is 4.79 Å². The molecule has 4 nitrogen and oxygen atoms in total. The number of carbonyl (C=O) groups is 1. The summed E-state index contributed by atoms with van der Waals surface area (Å²) in [5.41, 5.74) is 2.04. The fourth-order valence-corrected chi connectivity index (χ4v) is 2.91. The minimum atomic E-state index is -0.0420. The number of nitrogens with one attached hydrogen (secondary N) is 1. The maximum Gasteiger partial charge on any atom is 0.234 e. The zero-order chi connectivity index (χ0) is 16.1. The summed E-state index contributed by atoms with van der Waals surface area (Å²) < 4.78 is 0. The van der Waals surface area contributed by atoms with Gasteiger partial charge in [-0.2, -0.15) is 0 Å². The number of hydrogen-bond acceptors (Lipinski definition) is 4. The largest absolute Gasteiger partial charge is 0.348 e. The molecule has 0 aliphatic heterocycles. The van der Waals surface area contributed by atoms with Crippen LogP contribution < -0.4 is 5.32 Å². The molecule has 1 heterocycles. The van der Waals surface area contributed by atoms with Crippen LogP contribution in [0.15, 0.2) is 29.6 Å². The van der Waals surface area contributed by atoms with Crippen LogP contribution in [-0.4, -0.2) is 29.4 Å². The Hall–Kier alpha value is -1.43. The first kappa shape index (κ1) is 16.9. The Balaban J connectivity index is 1.82. The van der Waals surface area contributed by atoms with E-state index in [-0.39, 0.29) is 11.9 Å². The molecule has 0 radical (unpaired) electrons. The molecule has 1 aromatic carbocycles. The molecule has 0 fully saturated rings. The third-order valence-electron chi connectivity index (χ3n) is 3.26. The molecule has 2 aromatic rings. The van der Waals surface area contributed by atoms with Gasteiger partial charge in [0.05, 0.1) is 23.3 Å². The summed E-state index contributed by atoms with van der Waals surface area (Å²) in [7, 11) is 1.92. The van der Waals surface area contributed by atoms with Gasteiger partial charge in [-0.05, 0) is 38.6 Å². The number of likely N-dealkylation sites (N-methyl/N-ethyl adjacent to an activating group) is 1. The van der Waals surface area contributed by atoms with Crippen molar-refractivity contribution >= 4 is 28.8 Å². The van der Waals surface area contributed by atoms with Crippen LogP contribution in [0, 0.1) is 6.92 Å². The third-order valence-corrected chi connectivity index (χ3v) is 4.33. The Bertz CT molecular complexity index is 627. The molecule has 0 saturated heterocycles. The van der Waals surface area contributed by atoms with Crippen LogP contribution in [-0.2, 0) is 11.3 Å². The fourth-order valence-electron chi connectivity index (χ4n) is 2.18. The van der Waals surface area contributed by atoms with E-state index in [2.05, 4.69) is 10.3 Å². The van der Waals surface area contributed by atoms with Crippen molar-refractivity contribution in [2.75, 3.05) is 13.6 Å². The van der Waals surface area contributed by atoms with Gasteiger partial charge in [-0.3, -0.25) is 9.69 Å². The molecule has 1 atom stereocenters. The van der Waals surface area contributed by atoms with Gasteiger partial charge in [0, 0.05) is 16.9 Å². The number of thiazole rings is 1. The zero-order valence-electron chi connectivity index (χ0n) is 13.0. The SMILES string of the molecule is Cc1nc(CN(C)CC(=O)NC(C)c2ccc(Cl)cc2)cs1. The molecule has 0 bridgehead atoms. The minimum absolute atomic E-state index is 0.00287. The summed E-state index contributed by atoms with van der Waals surface area (Å²) in [4.78, 5) is 18.5.